The highest BCUT2D eigenvalue weighted by atomic mass is 16.2. The minimum absolute atomic E-state index is 0.229. The van der Waals surface area contributed by atoms with E-state index in [9.17, 15) is 19.2 Å². The summed E-state index contributed by atoms with van der Waals surface area (Å²) in [5.74, 6) is -1.29. The molecule has 1 aromatic rings. The lowest BCUT2D eigenvalue weighted by atomic mass is 10.1. The molecule has 0 bridgehead atoms. The van der Waals surface area contributed by atoms with Crippen LogP contribution in [-0.2, 0) is 4.79 Å². The van der Waals surface area contributed by atoms with Crippen LogP contribution in [0.4, 0.5) is 0 Å². The van der Waals surface area contributed by atoms with Crippen molar-refractivity contribution in [1.82, 2.24) is 20.2 Å². The third-order valence-corrected chi connectivity index (χ3v) is 2.88. The molecule has 2 amide bonds. The van der Waals surface area contributed by atoms with Gasteiger partial charge in [-0.2, -0.15) is 0 Å². The number of H-pyrrole nitrogens is 2. The summed E-state index contributed by atoms with van der Waals surface area (Å²) in [5, 5.41) is 2.94. The van der Waals surface area contributed by atoms with Gasteiger partial charge in [0.1, 0.15) is 11.6 Å². The van der Waals surface area contributed by atoms with Crippen molar-refractivity contribution < 1.29 is 9.59 Å². The maximum Gasteiger partial charge on any atom is 0.325 e. The van der Waals surface area contributed by atoms with Crippen molar-refractivity contribution in [3.05, 3.63) is 32.6 Å². The molecular formula is C10H13N5O4. The number of nitrogens with zero attached hydrogens (tertiary/aromatic N) is 1. The largest absolute Gasteiger partial charge is 0.368 e. The van der Waals surface area contributed by atoms with E-state index in [0.717, 1.165) is 6.20 Å². The van der Waals surface area contributed by atoms with Crippen LogP contribution >= 0.6 is 0 Å². The zero-order valence-corrected chi connectivity index (χ0v) is 9.93. The topological polar surface area (TPSA) is 141 Å². The predicted octanol–water partition coefficient (Wildman–Crippen LogP) is -3.04. The van der Waals surface area contributed by atoms with Crippen molar-refractivity contribution in [1.29, 1.82) is 0 Å². The first-order chi connectivity index (χ1) is 9.00. The highest BCUT2D eigenvalue weighted by Gasteiger charge is 2.32. The summed E-state index contributed by atoms with van der Waals surface area (Å²) in [7, 11) is 0. The number of nitrogens with two attached hydrogens (primary N) is 1. The van der Waals surface area contributed by atoms with Crippen molar-refractivity contribution in [3.8, 4) is 0 Å². The molecular weight excluding hydrogens is 254 g/mol. The molecule has 1 unspecified atom stereocenters. The molecule has 1 saturated heterocycles. The molecule has 0 spiro atoms. The standard InChI is InChI=1S/C10H13N5O4/c11-7(16)6-4-12-1-2-15(6)9(18)5-3-13-10(19)14-8(5)17/h3,6,12H,1-2,4H2,(H2,11,16)(H2,13,14,17,19). The Morgan fingerprint density at radius 1 is 1.37 bits per heavy atom. The first kappa shape index (κ1) is 13.0. The van der Waals surface area contributed by atoms with Gasteiger partial charge in [-0.05, 0) is 0 Å². The van der Waals surface area contributed by atoms with Crippen LogP contribution < -0.4 is 22.3 Å². The number of carbonyl (C=O) groups is 2. The van der Waals surface area contributed by atoms with Gasteiger partial charge in [-0.15, -0.1) is 0 Å². The zero-order valence-electron chi connectivity index (χ0n) is 9.93. The van der Waals surface area contributed by atoms with Gasteiger partial charge in [-0.1, -0.05) is 0 Å². The molecule has 2 rings (SSSR count). The second-order valence-corrected chi connectivity index (χ2v) is 4.11. The summed E-state index contributed by atoms with van der Waals surface area (Å²) >= 11 is 0. The van der Waals surface area contributed by atoms with E-state index in [1.165, 1.54) is 4.90 Å². The van der Waals surface area contributed by atoms with Gasteiger partial charge in [0, 0.05) is 25.8 Å². The predicted molar refractivity (Wildman–Crippen MR) is 64.6 cm³/mol. The van der Waals surface area contributed by atoms with Crippen LogP contribution in [0.2, 0.25) is 0 Å². The van der Waals surface area contributed by atoms with E-state index in [2.05, 4.69) is 10.3 Å². The monoisotopic (exact) mass is 267 g/mol. The van der Waals surface area contributed by atoms with Crippen LogP contribution in [0.1, 0.15) is 10.4 Å². The van der Waals surface area contributed by atoms with Crippen LogP contribution in [0.15, 0.2) is 15.8 Å². The fourth-order valence-electron chi connectivity index (χ4n) is 1.92. The quantitative estimate of drug-likeness (QED) is 0.451. The van der Waals surface area contributed by atoms with Gasteiger partial charge < -0.3 is 20.9 Å². The van der Waals surface area contributed by atoms with Crippen LogP contribution in [0.3, 0.4) is 0 Å². The third kappa shape index (κ3) is 2.55. The van der Waals surface area contributed by atoms with Crippen molar-refractivity contribution in [2.75, 3.05) is 19.6 Å². The summed E-state index contributed by atoms with van der Waals surface area (Å²) < 4.78 is 0. The van der Waals surface area contributed by atoms with Crippen LogP contribution in [0, 0.1) is 0 Å². The van der Waals surface area contributed by atoms with Crippen LogP contribution in [-0.4, -0.2) is 52.4 Å². The zero-order chi connectivity index (χ0) is 14.0. The summed E-state index contributed by atoms with van der Waals surface area (Å²) in [4.78, 5) is 51.3. The Balaban J connectivity index is 2.34. The minimum atomic E-state index is -0.812. The molecule has 1 atom stereocenters. The first-order valence-corrected chi connectivity index (χ1v) is 5.63. The lowest BCUT2D eigenvalue weighted by molar-refractivity contribution is -0.122. The lowest BCUT2D eigenvalue weighted by Crippen LogP contribution is -2.59. The molecule has 2 heterocycles. The number of hydrogen-bond acceptors (Lipinski definition) is 5. The number of aromatic nitrogens is 2. The number of nitrogens with one attached hydrogen (secondary N) is 3. The van der Waals surface area contributed by atoms with E-state index in [4.69, 9.17) is 5.73 Å². The Hall–Kier alpha value is -2.42. The van der Waals surface area contributed by atoms with Crippen molar-refractivity contribution in [2.24, 2.45) is 5.73 Å². The summed E-state index contributed by atoms with van der Waals surface area (Å²) in [5.41, 5.74) is 3.49. The number of carbonyl (C=O) groups excluding carboxylic acids is 2. The van der Waals surface area contributed by atoms with Gasteiger partial charge in [-0.3, -0.25) is 19.4 Å². The molecule has 5 N–H and O–H groups in total. The van der Waals surface area contributed by atoms with Crippen LogP contribution in [0.5, 0.6) is 0 Å². The molecule has 1 fully saturated rings. The molecule has 1 aliphatic rings. The number of aromatic amines is 2. The highest BCUT2D eigenvalue weighted by Crippen LogP contribution is 2.06. The number of primary amides is 1. The van der Waals surface area contributed by atoms with Gasteiger partial charge in [0.15, 0.2) is 0 Å². The SMILES string of the molecule is NC(=O)C1CNCCN1C(=O)c1c[nH]c(=O)[nH]c1=O. The maximum atomic E-state index is 12.2. The Kier molecular flexibility index (Phi) is 3.47. The van der Waals surface area contributed by atoms with E-state index in [-0.39, 0.29) is 18.7 Å². The summed E-state index contributed by atoms with van der Waals surface area (Å²) in [6.07, 6.45) is 1.03. The van der Waals surface area contributed by atoms with Gasteiger partial charge in [0.05, 0.1) is 0 Å². The Bertz CT molecular complexity index is 619. The van der Waals surface area contributed by atoms with E-state index in [1.807, 2.05) is 4.98 Å². The molecule has 0 radical (unpaired) electrons. The van der Waals surface area contributed by atoms with Crippen LogP contribution in [0.25, 0.3) is 0 Å². The molecule has 9 heteroatoms. The summed E-state index contributed by atoms with van der Waals surface area (Å²) in [6.45, 7) is 0.990. The number of piperazine rings is 1. The van der Waals surface area contributed by atoms with Crippen molar-refractivity contribution >= 4 is 11.8 Å². The van der Waals surface area contributed by atoms with E-state index >= 15 is 0 Å². The third-order valence-electron chi connectivity index (χ3n) is 2.88. The minimum Gasteiger partial charge on any atom is -0.368 e. The van der Waals surface area contributed by atoms with Crippen molar-refractivity contribution in [2.45, 2.75) is 6.04 Å². The van der Waals surface area contributed by atoms with Gasteiger partial charge in [-0.25, -0.2) is 4.79 Å². The fraction of sp³-hybridized carbons (Fsp3) is 0.400. The number of amides is 2. The Morgan fingerprint density at radius 2 is 2.11 bits per heavy atom. The molecule has 0 aliphatic carbocycles. The van der Waals surface area contributed by atoms with Gasteiger partial charge in [0.2, 0.25) is 5.91 Å². The first-order valence-electron chi connectivity index (χ1n) is 5.63. The van der Waals surface area contributed by atoms with Crippen molar-refractivity contribution in [3.63, 3.8) is 0 Å². The molecule has 0 saturated carbocycles. The fourth-order valence-corrected chi connectivity index (χ4v) is 1.92. The van der Waals surface area contributed by atoms with Gasteiger partial charge in [0.25, 0.3) is 11.5 Å². The summed E-state index contributed by atoms with van der Waals surface area (Å²) in [6, 6.07) is -0.812. The number of rotatable bonds is 2. The Morgan fingerprint density at radius 3 is 2.74 bits per heavy atom. The van der Waals surface area contributed by atoms with E-state index in [0.29, 0.717) is 6.54 Å². The molecule has 1 aliphatic heterocycles. The average molecular weight is 267 g/mol. The smallest absolute Gasteiger partial charge is 0.325 e. The molecule has 19 heavy (non-hydrogen) atoms. The maximum absolute atomic E-state index is 12.2. The highest BCUT2D eigenvalue weighted by molar-refractivity contribution is 5.97. The average Bonchev–Trinajstić information content (AvgIpc) is 2.38. The second-order valence-electron chi connectivity index (χ2n) is 4.11. The van der Waals surface area contributed by atoms with E-state index < -0.39 is 29.1 Å². The van der Waals surface area contributed by atoms with E-state index in [1.54, 1.807) is 0 Å². The molecule has 102 valence electrons. The molecule has 9 nitrogen and oxygen atoms in total. The number of hydrogen-bond donors (Lipinski definition) is 4. The lowest BCUT2D eigenvalue weighted by Gasteiger charge is -2.33. The van der Waals surface area contributed by atoms with Gasteiger partial charge >= 0.3 is 5.69 Å². The Labute approximate surface area is 106 Å². The molecule has 0 aromatic carbocycles. The second kappa shape index (κ2) is 5.06. The normalized spacial score (nSPS) is 19.2. The molecule has 1 aromatic heterocycles.